The van der Waals surface area contributed by atoms with Crippen molar-refractivity contribution in [3.8, 4) is 22.5 Å². The molecule has 4 heteroatoms. The van der Waals surface area contributed by atoms with Gasteiger partial charge in [-0.15, -0.1) is 0 Å². The van der Waals surface area contributed by atoms with Crippen LogP contribution >= 0.6 is 0 Å². The van der Waals surface area contributed by atoms with Crippen molar-refractivity contribution in [1.82, 2.24) is 9.97 Å². The number of pyridine rings is 2. The molecule has 0 saturated heterocycles. The number of benzene rings is 5. The number of para-hydroxylation sites is 1. The molecule has 0 unspecified atom stereocenters. The van der Waals surface area contributed by atoms with Gasteiger partial charge in [0.2, 0.25) is 0 Å². The normalized spacial score (nSPS) is 13.1. The molecule has 1 aliphatic heterocycles. The molecular weight excluding hydrogens is 551 g/mol. The number of hydrogen-bond acceptors (Lipinski definition) is 3. The summed E-state index contributed by atoms with van der Waals surface area (Å²) in [5, 5.41) is 5.47. The summed E-state index contributed by atoms with van der Waals surface area (Å²) in [6, 6.07) is 59.1. The predicted molar refractivity (Wildman–Crippen MR) is 185 cm³/mol. The number of aromatic nitrogens is 2. The highest BCUT2D eigenvalue weighted by Crippen LogP contribution is 2.40. The first-order valence-electron chi connectivity index (χ1n) is 14.9. The zero-order valence-corrected chi connectivity index (χ0v) is 25.1. The largest absolute Gasteiger partial charge is 0.311 e. The van der Waals surface area contributed by atoms with Crippen molar-refractivity contribution >= 4 is 45.9 Å². The van der Waals surface area contributed by atoms with E-state index >= 15 is 0 Å². The Balaban J connectivity index is 1.47. The van der Waals surface area contributed by atoms with E-state index in [1.54, 1.807) is 0 Å². The molecule has 1 aliphatic rings. The first-order chi connectivity index (χ1) is 21.8. The maximum absolute atomic E-state index is 4.73. The van der Waals surface area contributed by atoms with E-state index in [9.17, 15) is 0 Å². The Bertz CT molecular complexity index is 2020. The monoisotopic (exact) mass is 579 g/mol. The van der Waals surface area contributed by atoms with Gasteiger partial charge >= 0.3 is 0 Å². The highest BCUT2D eigenvalue weighted by atomic mass is 28.3. The van der Waals surface area contributed by atoms with Crippen LogP contribution in [0.2, 0.25) is 0 Å². The molecule has 2 aromatic heterocycles. The first kappa shape index (κ1) is 26.1. The van der Waals surface area contributed by atoms with Crippen molar-refractivity contribution in [2.45, 2.75) is 0 Å². The third kappa shape index (κ3) is 4.19. The van der Waals surface area contributed by atoms with Crippen LogP contribution in [0.25, 0.3) is 22.5 Å². The third-order valence-corrected chi connectivity index (χ3v) is 13.5. The number of anilines is 3. The van der Waals surface area contributed by atoms with Crippen LogP contribution in [0.4, 0.5) is 17.1 Å². The van der Waals surface area contributed by atoms with Gasteiger partial charge in [-0.05, 0) is 69.3 Å². The molecule has 208 valence electrons. The maximum Gasteiger partial charge on any atom is 0.184 e. The van der Waals surface area contributed by atoms with Crippen molar-refractivity contribution < 1.29 is 0 Å². The van der Waals surface area contributed by atoms with Gasteiger partial charge in [-0.3, -0.25) is 9.97 Å². The summed E-state index contributed by atoms with van der Waals surface area (Å²) < 4.78 is 0. The van der Waals surface area contributed by atoms with Gasteiger partial charge in [-0.1, -0.05) is 115 Å². The number of fused-ring (bicyclic) bond motifs is 2. The van der Waals surface area contributed by atoms with E-state index in [0.29, 0.717) is 0 Å². The van der Waals surface area contributed by atoms with Crippen LogP contribution in [0.15, 0.2) is 176 Å². The smallest absolute Gasteiger partial charge is 0.184 e. The molecule has 0 spiro atoms. The summed E-state index contributed by atoms with van der Waals surface area (Å²) in [6.07, 6.45) is 3.72. The molecule has 44 heavy (non-hydrogen) atoms. The molecular formula is C40H29N3Si. The molecule has 0 N–H and O–H groups in total. The topological polar surface area (TPSA) is 29.0 Å². The van der Waals surface area contributed by atoms with Crippen LogP contribution < -0.4 is 25.6 Å². The van der Waals surface area contributed by atoms with Crippen molar-refractivity contribution in [3.05, 3.63) is 176 Å². The Morgan fingerprint density at radius 3 is 1.61 bits per heavy atom. The zero-order chi connectivity index (χ0) is 29.3. The minimum Gasteiger partial charge on any atom is -0.311 e. The van der Waals surface area contributed by atoms with Crippen LogP contribution in [0.5, 0.6) is 0 Å². The van der Waals surface area contributed by atoms with Crippen LogP contribution in [0.3, 0.4) is 0 Å². The molecule has 0 saturated carbocycles. The fraction of sp³-hybridized carbons (Fsp3) is 0. The minimum absolute atomic E-state index is 0.958. The Morgan fingerprint density at radius 2 is 0.977 bits per heavy atom. The fourth-order valence-electron chi connectivity index (χ4n) is 6.77. The predicted octanol–water partition coefficient (Wildman–Crippen LogP) is 6.97. The molecule has 0 radical (unpaired) electrons. The molecule has 3 heterocycles. The van der Waals surface area contributed by atoms with E-state index in [0.717, 1.165) is 28.2 Å². The number of rotatable bonds is 5. The van der Waals surface area contributed by atoms with Crippen molar-refractivity contribution in [2.75, 3.05) is 4.90 Å². The summed E-state index contributed by atoms with van der Waals surface area (Å²) >= 11 is 0. The second-order valence-electron chi connectivity index (χ2n) is 11.0. The van der Waals surface area contributed by atoms with Crippen molar-refractivity contribution in [1.29, 1.82) is 0 Å². The summed E-state index contributed by atoms with van der Waals surface area (Å²) in [5.74, 6) is 0. The van der Waals surface area contributed by atoms with Gasteiger partial charge < -0.3 is 4.90 Å². The second kappa shape index (κ2) is 10.9. The molecule has 0 atom stereocenters. The van der Waals surface area contributed by atoms with Gasteiger partial charge in [0.15, 0.2) is 8.07 Å². The lowest BCUT2D eigenvalue weighted by atomic mass is 10.1. The van der Waals surface area contributed by atoms with Crippen LogP contribution in [-0.4, -0.2) is 18.0 Å². The molecule has 0 amide bonds. The minimum atomic E-state index is -2.73. The Labute approximate surface area is 258 Å². The quantitative estimate of drug-likeness (QED) is 0.206. The fourth-order valence-corrected chi connectivity index (χ4v) is 11.8. The maximum atomic E-state index is 4.73. The zero-order valence-electron chi connectivity index (χ0n) is 24.1. The summed E-state index contributed by atoms with van der Waals surface area (Å²) in [6.45, 7) is 0. The first-order valence-corrected chi connectivity index (χ1v) is 16.9. The van der Waals surface area contributed by atoms with Crippen molar-refractivity contribution in [3.63, 3.8) is 0 Å². The third-order valence-electron chi connectivity index (χ3n) is 8.63. The van der Waals surface area contributed by atoms with Gasteiger partial charge in [-0.25, -0.2) is 0 Å². The van der Waals surface area contributed by atoms with Crippen molar-refractivity contribution in [2.24, 2.45) is 0 Å². The van der Waals surface area contributed by atoms with Gasteiger partial charge in [0.05, 0.1) is 11.4 Å². The van der Waals surface area contributed by atoms with Gasteiger partial charge in [0.25, 0.3) is 0 Å². The Kier molecular flexibility index (Phi) is 6.47. The average Bonchev–Trinajstić information content (AvgIpc) is 3.12. The Morgan fingerprint density at radius 1 is 0.409 bits per heavy atom. The van der Waals surface area contributed by atoms with E-state index < -0.39 is 8.07 Å². The van der Waals surface area contributed by atoms with E-state index in [1.807, 2.05) is 30.6 Å². The second-order valence-corrected chi connectivity index (χ2v) is 14.8. The molecule has 0 bridgehead atoms. The van der Waals surface area contributed by atoms with Gasteiger partial charge in [0.1, 0.15) is 0 Å². The molecule has 5 aromatic carbocycles. The van der Waals surface area contributed by atoms with Crippen LogP contribution in [-0.2, 0) is 0 Å². The number of hydrogen-bond donors (Lipinski definition) is 0. The SMILES string of the molecule is c1ccc([Si]2(c3ccccc3)c3ccccc3N(c3cccc(-c4ccccn4)c3)c3cc(-c4ccccn4)ccc32)cc1. The lowest BCUT2D eigenvalue weighted by Gasteiger charge is -2.45. The molecule has 3 nitrogen and oxygen atoms in total. The van der Waals surface area contributed by atoms with Crippen LogP contribution in [0.1, 0.15) is 0 Å². The summed E-state index contributed by atoms with van der Waals surface area (Å²) in [5.41, 5.74) is 7.59. The molecule has 0 fully saturated rings. The highest BCUT2D eigenvalue weighted by molar-refractivity contribution is 7.21. The standard InChI is InChI=1S/C40H29N3Si/c1-3-16-33(17-4-1)44(34-18-5-2-6-19-34)39-23-8-7-22-37(39)43(32-15-13-14-30(28-32)35-20-9-11-26-41-35)38-29-31(24-25-40(38)44)36-21-10-12-27-42-36/h1-29H. The van der Waals surface area contributed by atoms with E-state index in [-0.39, 0.29) is 0 Å². The summed E-state index contributed by atoms with van der Waals surface area (Å²) in [4.78, 5) is 11.8. The lowest BCUT2D eigenvalue weighted by molar-refractivity contribution is 1.27. The molecule has 0 aliphatic carbocycles. The lowest BCUT2D eigenvalue weighted by Crippen LogP contribution is -2.77. The number of nitrogens with zero attached hydrogens (tertiary/aromatic N) is 3. The van der Waals surface area contributed by atoms with E-state index in [2.05, 4.69) is 155 Å². The van der Waals surface area contributed by atoms with E-state index in [4.69, 9.17) is 4.98 Å². The molecule has 8 rings (SSSR count). The van der Waals surface area contributed by atoms with Crippen LogP contribution in [0, 0.1) is 0 Å². The van der Waals surface area contributed by atoms with Gasteiger partial charge in [0, 0.05) is 40.6 Å². The van der Waals surface area contributed by atoms with Gasteiger partial charge in [-0.2, -0.15) is 0 Å². The average molecular weight is 580 g/mol. The Hall–Kier alpha value is -5.58. The summed E-state index contributed by atoms with van der Waals surface area (Å²) in [7, 11) is -2.73. The molecule has 7 aromatic rings. The van der Waals surface area contributed by atoms with E-state index in [1.165, 1.54) is 32.1 Å². The highest BCUT2D eigenvalue weighted by Gasteiger charge is 2.48.